The minimum absolute atomic E-state index is 0.218. The van der Waals surface area contributed by atoms with E-state index in [0.717, 1.165) is 25.9 Å². The van der Waals surface area contributed by atoms with Gasteiger partial charge in [-0.15, -0.1) is 0 Å². The van der Waals surface area contributed by atoms with E-state index in [1.54, 1.807) is 10.8 Å². The standard InChI is InChI=1S/C18H25BrN6O3/c19-11-7-25(17-13(11)16(20)23-8-24-17)12-4-10(14(26)15(12)27)18(28)22-6-9-2-1-3-21-5-9/h7-10,12,14-15,21,26-27H,1-6H2,(H,22,28)(H2,20,23,24)/t9-,10-,12+,14+,15-/m0/s1. The van der Waals surface area contributed by atoms with Crippen LogP contribution in [0.1, 0.15) is 25.3 Å². The molecule has 3 heterocycles. The first-order valence-electron chi connectivity index (χ1n) is 9.58. The van der Waals surface area contributed by atoms with Crippen LogP contribution in [0.15, 0.2) is 17.0 Å². The molecule has 10 heteroatoms. The molecule has 2 aliphatic rings. The predicted octanol–water partition coefficient (Wildman–Crippen LogP) is 0.175. The molecular formula is C18H25BrN6O3. The molecule has 28 heavy (non-hydrogen) atoms. The van der Waals surface area contributed by atoms with Crippen LogP contribution in [0.4, 0.5) is 5.82 Å². The molecule has 1 amide bonds. The molecule has 0 radical (unpaired) electrons. The SMILES string of the molecule is Nc1ncnc2c1c(Br)cn2[C@@H]1C[C@H](C(=O)NC[C@H]2CCCNC2)[C@@H](O)[C@H]1O. The number of nitrogens with one attached hydrogen (secondary N) is 2. The van der Waals surface area contributed by atoms with Crippen LogP contribution in [0.25, 0.3) is 11.0 Å². The van der Waals surface area contributed by atoms with Gasteiger partial charge in [-0.05, 0) is 54.2 Å². The van der Waals surface area contributed by atoms with Gasteiger partial charge >= 0.3 is 0 Å². The molecule has 0 aromatic carbocycles. The number of fused-ring (bicyclic) bond motifs is 1. The lowest BCUT2D eigenvalue weighted by atomic mass is 9.98. The maximum Gasteiger partial charge on any atom is 0.225 e. The Morgan fingerprint density at radius 1 is 1.39 bits per heavy atom. The van der Waals surface area contributed by atoms with Crippen LogP contribution in [0, 0.1) is 11.8 Å². The summed E-state index contributed by atoms with van der Waals surface area (Å²) in [6, 6.07) is -0.481. The van der Waals surface area contributed by atoms with Crippen molar-refractivity contribution in [1.29, 1.82) is 0 Å². The number of nitrogens with zero attached hydrogens (tertiary/aromatic N) is 3. The van der Waals surface area contributed by atoms with Gasteiger partial charge < -0.3 is 31.1 Å². The summed E-state index contributed by atoms with van der Waals surface area (Å²) in [4.78, 5) is 20.9. The zero-order valence-electron chi connectivity index (χ0n) is 15.4. The van der Waals surface area contributed by atoms with Gasteiger partial charge in [-0.1, -0.05) is 0 Å². The van der Waals surface area contributed by atoms with Gasteiger partial charge in [0, 0.05) is 17.2 Å². The molecule has 152 valence electrons. The largest absolute Gasteiger partial charge is 0.390 e. The molecule has 0 bridgehead atoms. The number of rotatable bonds is 4. The van der Waals surface area contributed by atoms with Gasteiger partial charge in [0.05, 0.1) is 23.4 Å². The van der Waals surface area contributed by atoms with Crippen LogP contribution in [-0.4, -0.2) is 62.5 Å². The van der Waals surface area contributed by atoms with E-state index in [1.807, 2.05) is 0 Å². The quantitative estimate of drug-likeness (QED) is 0.445. The van der Waals surface area contributed by atoms with Gasteiger partial charge in [-0.3, -0.25) is 4.79 Å². The average Bonchev–Trinajstić information content (AvgIpc) is 3.19. The van der Waals surface area contributed by atoms with Crippen molar-refractivity contribution in [2.45, 2.75) is 37.5 Å². The lowest BCUT2D eigenvalue weighted by molar-refractivity contribution is -0.129. The third kappa shape index (κ3) is 3.49. The van der Waals surface area contributed by atoms with Gasteiger partial charge in [0.15, 0.2) is 0 Å². The fourth-order valence-electron chi connectivity index (χ4n) is 4.33. The number of piperidine rings is 1. The number of aliphatic hydroxyl groups is 2. The summed E-state index contributed by atoms with van der Waals surface area (Å²) in [7, 11) is 0. The van der Waals surface area contributed by atoms with E-state index in [0.29, 0.717) is 40.2 Å². The minimum atomic E-state index is -1.13. The maximum atomic E-state index is 12.7. The summed E-state index contributed by atoms with van der Waals surface area (Å²) in [5.74, 6) is -0.156. The van der Waals surface area contributed by atoms with Crippen molar-refractivity contribution in [2.24, 2.45) is 11.8 Å². The van der Waals surface area contributed by atoms with Crippen molar-refractivity contribution in [3.05, 3.63) is 17.0 Å². The second-order valence-corrected chi connectivity index (χ2v) is 8.54. The molecular weight excluding hydrogens is 428 g/mol. The third-order valence-corrected chi connectivity index (χ3v) is 6.50. The Bertz CT molecular complexity index is 868. The Morgan fingerprint density at radius 3 is 2.96 bits per heavy atom. The van der Waals surface area contributed by atoms with Crippen LogP contribution in [0.3, 0.4) is 0 Å². The first kappa shape index (κ1) is 19.6. The number of amides is 1. The zero-order valence-corrected chi connectivity index (χ0v) is 17.0. The summed E-state index contributed by atoms with van der Waals surface area (Å²) in [5.41, 5.74) is 6.50. The number of nitrogens with two attached hydrogens (primary N) is 1. The van der Waals surface area contributed by atoms with Crippen molar-refractivity contribution < 1.29 is 15.0 Å². The third-order valence-electron chi connectivity index (χ3n) is 5.90. The highest BCUT2D eigenvalue weighted by atomic mass is 79.9. The molecule has 1 aliphatic heterocycles. The number of hydrogen-bond donors (Lipinski definition) is 5. The van der Waals surface area contributed by atoms with Crippen LogP contribution in [0.5, 0.6) is 0 Å². The highest BCUT2D eigenvalue weighted by Crippen LogP contribution is 2.40. The molecule has 4 rings (SSSR count). The lowest BCUT2D eigenvalue weighted by Gasteiger charge is -2.24. The van der Waals surface area contributed by atoms with E-state index < -0.39 is 24.2 Å². The van der Waals surface area contributed by atoms with Gasteiger partial charge in [-0.2, -0.15) is 0 Å². The maximum absolute atomic E-state index is 12.7. The zero-order chi connectivity index (χ0) is 19.8. The van der Waals surface area contributed by atoms with E-state index in [9.17, 15) is 15.0 Å². The second kappa shape index (κ2) is 7.94. The number of carbonyl (C=O) groups is 1. The lowest BCUT2D eigenvalue weighted by Crippen LogP contribution is -2.42. The minimum Gasteiger partial charge on any atom is -0.390 e. The van der Waals surface area contributed by atoms with Gasteiger partial charge in [-0.25, -0.2) is 9.97 Å². The highest BCUT2D eigenvalue weighted by Gasteiger charge is 2.46. The summed E-state index contributed by atoms with van der Waals surface area (Å²) >= 11 is 3.45. The smallest absolute Gasteiger partial charge is 0.225 e. The summed E-state index contributed by atoms with van der Waals surface area (Å²) in [6.45, 7) is 2.49. The Labute approximate surface area is 170 Å². The molecule has 6 N–H and O–H groups in total. The topological polar surface area (TPSA) is 138 Å². The number of nitrogen functional groups attached to an aromatic ring is 1. The molecule has 2 aromatic heterocycles. The molecule has 9 nitrogen and oxygen atoms in total. The van der Waals surface area contributed by atoms with Crippen molar-refractivity contribution in [1.82, 2.24) is 25.2 Å². The van der Waals surface area contributed by atoms with Crippen molar-refractivity contribution in [2.75, 3.05) is 25.4 Å². The first-order valence-corrected chi connectivity index (χ1v) is 10.4. The first-order chi connectivity index (χ1) is 13.5. The fourth-order valence-corrected chi connectivity index (χ4v) is 4.94. The number of aromatic nitrogens is 3. The van der Waals surface area contributed by atoms with E-state index >= 15 is 0 Å². The van der Waals surface area contributed by atoms with Gasteiger partial charge in [0.25, 0.3) is 0 Å². The van der Waals surface area contributed by atoms with Crippen molar-refractivity contribution in [3.63, 3.8) is 0 Å². The Hall–Kier alpha value is -1.75. The molecule has 1 saturated heterocycles. The summed E-state index contributed by atoms with van der Waals surface area (Å²) in [6.07, 6.45) is 3.42. The molecule has 0 spiro atoms. The van der Waals surface area contributed by atoms with E-state index in [1.165, 1.54) is 6.33 Å². The Balaban J connectivity index is 1.50. The van der Waals surface area contributed by atoms with E-state index in [2.05, 4.69) is 36.5 Å². The van der Waals surface area contributed by atoms with Crippen LogP contribution < -0.4 is 16.4 Å². The summed E-state index contributed by atoms with van der Waals surface area (Å²) in [5, 5.41) is 28.1. The molecule has 2 fully saturated rings. The van der Waals surface area contributed by atoms with Crippen molar-refractivity contribution >= 4 is 38.7 Å². The summed E-state index contributed by atoms with van der Waals surface area (Å²) < 4.78 is 2.48. The fraction of sp³-hybridized carbons (Fsp3) is 0.611. The van der Waals surface area contributed by atoms with Crippen LogP contribution in [-0.2, 0) is 4.79 Å². The van der Waals surface area contributed by atoms with Crippen molar-refractivity contribution in [3.8, 4) is 0 Å². The molecule has 0 unspecified atom stereocenters. The Kier molecular flexibility index (Phi) is 5.55. The van der Waals surface area contributed by atoms with E-state index in [4.69, 9.17) is 5.73 Å². The van der Waals surface area contributed by atoms with Gasteiger partial charge in [0.2, 0.25) is 5.91 Å². The average molecular weight is 453 g/mol. The number of aliphatic hydroxyl groups excluding tert-OH is 2. The van der Waals surface area contributed by atoms with Crippen LogP contribution in [0.2, 0.25) is 0 Å². The molecule has 1 saturated carbocycles. The normalized spacial score (nSPS) is 30.6. The number of anilines is 1. The number of carbonyl (C=O) groups excluding carboxylic acids is 1. The predicted molar refractivity (Wildman–Crippen MR) is 107 cm³/mol. The molecule has 5 atom stereocenters. The highest BCUT2D eigenvalue weighted by molar-refractivity contribution is 9.10. The molecule has 2 aromatic rings. The molecule has 1 aliphatic carbocycles. The number of halogens is 1. The van der Waals surface area contributed by atoms with E-state index in [-0.39, 0.29) is 5.91 Å². The van der Waals surface area contributed by atoms with Crippen LogP contribution >= 0.6 is 15.9 Å². The Morgan fingerprint density at radius 2 is 2.21 bits per heavy atom. The number of hydrogen-bond acceptors (Lipinski definition) is 7. The van der Waals surface area contributed by atoms with Gasteiger partial charge in [0.1, 0.15) is 23.9 Å². The second-order valence-electron chi connectivity index (χ2n) is 7.69. The monoisotopic (exact) mass is 452 g/mol.